The smallest absolute Gasteiger partial charge is 0.260 e. The first-order chi connectivity index (χ1) is 11.1. The van der Waals surface area contributed by atoms with Gasteiger partial charge in [0.05, 0.1) is 17.2 Å². The van der Waals surface area contributed by atoms with Gasteiger partial charge in [0.25, 0.3) is 5.56 Å². The zero-order chi connectivity index (χ0) is 16.0. The second-order valence-electron chi connectivity index (χ2n) is 5.90. The molecule has 3 heteroatoms. The maximum absolute atomic E-state index is 12.5. The van der Waals surface area contributed by atoms with Crippen LogP contribution >= 0.6 is 0 Å². The molecule has 0 amide bonds. The summed E-state index contributed by atoms with van der Waals surface area (Å²) < 4.78 is 1.52. The fraction of sp³-hybridized carbons (Fsp3) is 0.100. The van der Waals surface area contributed by atoms with E-state index in [-0.39, 0.29) is 5.56 Å². The molecule has 0 saturated carbocycles. The van der Waals surface area contributed by atoms with E-state index in [1.807, 2.05) is 31.2 Å². The van der Waals surface area contributed by atoms with E-state index in [0.29, 0.717) is 5.39 Å². The second-order valence-corrected chi connectivity index (χ2v) is 5.90. The van der Waals surface area contributed by atoms with Gasteiger partial charge in [0.2, 0.25) is 0 Å². The zero-order valence-corrected chi connectivity index (χ0v) is 13.1. The molecule has 0 saturated heterocycles. The van der Waals surface area contributed by atoms with Crippen LogP contribution in [-0.4, -0.2) is 9.55 Å². The number of aromatic nitrogens is 2. The van der Waals surface area contributed by atoms with Crippen molar-refractivity contribution in [1.82, 2.24) is 9.55 Å². The van der Waals surface area contributed by atoms with Gasteiger partial charge in [-0.2, -0.15) is 0 Å². The molecular weight excluding hydrogens is 284 g/mol. The van der Waals surface area contributed by atoms with Gasteiger partial charge in [-0.3, -0.25) is 4.79 Å². The first-order valence-electron chi connectivity index (χ1n) is 7.59. The molecule has 0 aliphatic rings. The van der Waals surface area contributed by atoms with E-state index in [1.54, 1.807) is 13.4 Å². The number of hydrogen-bond acceptors (Lipinski definition) is 2. The predicted octanol–water partition coefficient (Wildman–Crippen LogP) is 4.06. The van der Waals surface area contributed by atoms with Crippen molar-refractivity contribution in [3.8, 4) is 11.1 Å². The molecule has 0 unspecified atom stereocenters. The molecule has 4 aromatic rings. The molecule has 0 radical (unpaired) electrons. The van der Waals surface area contributed by atoms with Gasteiger partial charge in [-0.15, -0.1) is 0 Å². The van der Waals surface area contributed by atoms with Gasteiger partial charge in [0.1, 0.15) is 0 Å². The first kappa shape index (κ1) is 13.7. The highest BCUT2D eigenvalue weighted by molar-refractivity contribution is 6.04. The van der Waals surface area contributed by atoms with Crippen molar-refractivity contribution in [3.63, 3.8) is 0 Å². The summed E-state index contributed by atoms with van der Waals surface area (Å²) in [6.45, 7) is 2.01. The number of hydrogen-bond donors (Lipinski definition) is 0. The van der Waals surface area contributed by atoms with Gasteiger partial charge in [-0.25, -0.2) is 4.98 Å². The van der Waals surface area contributed by atoms with Crippen LogP contribution in [0.5, 0.6) is 0 Å². The maximum atomic E-state index is 12.5. The highest BCUT2D eigenvalue weighted by Gasteiger charge is 2.12. The molecule has 1 heterocycles. The SMILES string of the molecule is Cc1cc(-c2cccc3ccccc23)c2ncn(C)c(=O)c2c1. The van der Waals surface area contributed by atoms with Gasteiger partial charge in [0.15, 0.2) is 0 Å². The van der Waals surface area contributed by atoms with Crippen molar-refractivity contribution >= 4 is 21.7 Å². The van der Waals surface area contributed by atoms with Crippen LogP contribution in [-0.2, 0) is 7.05 Å². The van der Waals surface area contributed by atoms with E-state index in [0.717, 1.165) is 22.2 Å². The Morgan fingerprint density at radius 1 is 0.913 bits per heavy atom. The normalized spacial score (nSPS) is 11.2. The van der Waals surface area contributed by atoms with E-state index in [4.69, 9.17) is 0 Å². The lowest BCUT2D eigenvalue weighted by Gasteiger charge is -2.11. The highest BCUT2D eigenvalue weighted by Crippen LogP contribution is 2.32. The van der Waals surface area contributed by atoms with Crippen LogP contribution in [0.25, 0.3) is 32.8 Å². The number of benzene rings is 3. The van der Waals surface area contributed by atoms with Crippen molar-refractivity contribution in [3.05, 3.63) is 76.8 Å². The van der Waals surface area contributed by atoms with Crippen molar-refractivity contribution in [2.75, 3.05) is 0 Å². The quantitative estimate of drug-likeness (QED) is 0.531. The third kappa shape index (κ3) is 2.13. The van der Waals surface area contributed by atoms with Gasteiger partial charge in [0, 0.05) is 12.6 Å². The minimum absolute atomic E-state index is 0.0137. The molecule has 0 fully saturated rings. The van der Waals surface area contributed by atoms with Crippen LogP contribution in [0.1, 0.15) is 5.56 Å². The number of aryl methyl sites for hydroxylation is 2. The fourth-order valence-electron chi connectivity index (χ4n) is 3.13. The van der Waals surface area contributed by atoms with Gasteiger partial charge in [-0.05, 0) is 41.0 Å². The summed E-state index contributed by atoms with van der Waals surface area (Å²) in [4.78, 5) is 17.0. The molecule has 0 aliphatic heterocycles. The summed E-state index contributed by atoms with van der Waals surface area (Å²) in [5.74, 6) is 0. The largest absolute Gasteiger partial charge is 0.302 e. The summed E-state index contributed by atoms with van der Waals surface area (Å²) in [7, 11) is 1.73. The number of nitrogens with zero attached hydrogens (tertiary/aromatic N) is 2. The molecule has 0 spiro atoms. The minimum atomic E-state index is -0.0137. The van der Waals surface area contributed by atoms with E-state index in [2.05, 4.69) is 35.3 Å². The molecular formula is C20H16N2O. The van der Waals surface area contributed by atoms with Crippen molar-refractivity contribution in [2.24, 2.45) is 7.05 Å². The van der Waals surface area contributed by atoms with E-state index in [9.17, 15) is 4.79 Å². The third-order valence-corrected chi connectivity index (χ3v) is 4.24. The average molecular weight is 300 g/mol. The minimum Gasteiger partial charge on any atom is -0.302 e. The summed E-state index contributed by atoms with van der Waals surface area (Å²) in [5, 5.41) is 3.02. The van der Waals surface area contributed by atoms with Gasteiger partial charge >= 0.3 is 0 Å². The highest BCUT2D eigenvalue weighted by atomic mass is 16.1. The lowest BCUT2D eigenvalue weighted by molar-refractivity contribution is 0.843. The molecule has 3 aromatic carbocycles. The summed E-state index contributed by atoms with van der Waals surface area (Å²) in [5.41, 5.74) is 3.92. The monoisotopic (exact) mass is 300 g/mol. The maximum Gasteiger partial charge on any atom is 0.260 e. The zero-order valence-electron chi connectivity index (χ0n) is 13.1. The molecule has 0 N–H and O–H groups in total. The van der Waals surface area contributed by atoms with Crippen LogP contribution in [0.4, 0.5) is 0 Å². The predicted molar refractivity (Wildman–Crippen MR) is 94.7 cm³/mol. The molecule has 112 valence electrons. The fourth-order valence-corrected chi connectivity index (χ4v) is 3.13. The molecule has 0 aliphatic carbocycles. The Hall–Kier alpha value is -2.94. The van der Waals surface area contributed by atoms with E-state index < -0.39 is 0 Å². The van der Waals surface area contributed by atoms with Gasteiger partial charge in [-0.1, -0.05) is 42.5 Å². The molecule has 1 aromatic heterocycles. The summed E-state index contributed by atoms with van der Waals surface area (Å²) in [6, 6.07) is 18.6. The van der Waals surface area contributed by atoms with Crippen LogP contribution in [0.2, 0.25) is 0 Å². The number of fused-ring (bicyclic) bond motifs is 2. The van der Waals surface area contributed by atoms with Crippen molar-refractivity contribution in [1.29, 1.82) is 0 Å². The number of rotatable bonds is 1. The Labute approximate surface area is 133 Å². The Balaban J connectivity index is 2.17. The Bertz CT molecular complexity index is 1100. The first-order valence-corrected chi connectivity index (χ1v) is 7.59. The summed E-state index contributed by atoms with van der Waals surface area (Å²) in [6.07, 6.45) is 1.59. The third-order valence-electron chi connectivity index (χ3n) is 4.24. The molecule has 3 nitrogen and oxygen atoms in total. The van der Waals surface area contributed by atoms with Crippen LogP contribution in [0.3, 0.4) is 0 Å². The standard InChI is InChI=1S/C20H16N2O/c1-13-10-17(19-18(11-13)20(23)22(2)12-21-19)16-9-5-7-14-6-3-4-8-15(14)16/h3-12H,1-2H3. The topological polar surface area (TPSA) is 34.9 Å². The molecule has 0 atom stereocenters. The van der Waals surface area contributed by atoms with Gasteiger partial charge < -0.3 is 4.57 Å². The lowest BCUT2D eigenvalue weighted by Crippen LogP contribution is -2.17. The van der Waals surface area contributed by atoms with E-state index in [1.165, 1.54) is 15.3 Å². The average Bonchev–Trinajstić information content (AvgIpc) is 2.57. The van der Waals surface area contributed by atoms with Crippen LogP contribution in [0.15, 0.2) is 65.7 Å². The lowest BCUT2D eigenvalue weighted by atomic mass is 9.95. The Morgan fingerprint density at radius 2 is 1.70 bits per heavy atom. The second kappa shape index (κ2) is 5.06. The summed E-state index contributed by atoms with van der Waals surface area (Å²) >= 11 is 0. The van der Waals surface area contributed by atoms with E-state index >= 15 is 0 Å². The van der Waals surface area contributed by atoms with Crippen molar-refractivity contribution in [2.45, 2.75) is 6.92 Å². The van der Waals surface area contributed by atoms with Crippen LogP contribution < -0.4 is 5.56 Å². The molecule has 0 bridgehead atoms. The Morgan fingerprint density at radius 3 is 2.57 bits per heavy atom. The van der Waals surface area contributed by atoms with Crippen LogP contribution in [0, 0.1) is 6.92 Å². The molecule has 23 heavy (non-hydrogen) atoms. The molecule has 4 rings (SSSR count). The Kier molecular flexibility index (Phi) is 3.01. The van der Waals surface area contributed by atoms with Crippen molar-refractivity contribution < 1.29 is 0 Å².